The molecule has 0 aromatic carbocycles. The van der Waals surface area contributed by atoms with Gasteiger partial charge in [0.05, 0.1) is 0 Å². The van der Waals surface area contributed by atoms with Gasteiger partial charge in [0.25, 0.3) is 0 Å². The van der Waals surface area contributed by atoms with Crippen molar-refractivity contribution in [3.63, 3.8) is 0 Å². The average molecular weight is 283 g/mol. The zero-order chi connectivity index (χ0) is 12.8. The number of thiocarbonyl (C=S) groups is 1. The van der Waals surface area contributed by atoms with Crippen molar-refractivity contribution in [2.24, 2.45) is 5.73 Å². The summed E-state index contributed by atoms with van der Waals surface area (Å²) in [6.45, 7) is 4.16. The largest absolute Gasteiger partial charge is 0.388 e. The maximum atomic E-state index is 5.60. The molecule has 0 spiro atoms. The number of hydrogen-bond acceptors (Lipinski definition) is 6. The molecule has 1 aliphatic heterocycles. The van der Waals surface area contributed by atoms with E-state index in [4.69, 9.17) is 18.0 Å². The highest BCUT2D eigenvalue weighted by Gasteiger charge is 2.11. The zero-order valence-corrected chi connectivity index (χ0v) is 11.8. The van der Waals surface area contributed by atoms with Crippen LogP contribution in [0.1, 0.15) is 5.69 Å². The molecule has 98 valence electrons. The van der Waals surface area contributed by atoms with Gasteiger partial charge in [-0.3, -0.25) is 4.90 Å². The Kier molecular flexibility index (Phi) is 5.15. The number of anilines is 1. The van der Waals surface area contributed by atoms with Crippen molar-refractivity contribution in [1.29, 1.82) is 0 Å². The monoisotopic (exact) mass is 283 g/mol. The molecule has 0 radical (unpaired) electrons. The number of aromatic nitrogens is 2. The normalized spacial score (nSPS) is 16.4. The minimum atomic E-state index is 0.278. The van der Waals surface area contributed by atoms with E-state index in [2.05, 4.69) is 20.2 Å². The summed E-state index contributed by atoms with van der Waals surface area (Å²) < 4.78 is 0. The first kappa shape index (κ1) is 13.5. The lowest BCUT2D eigenvalue weighted by Gasteiger charge is -2.26. The summed E-state index contributed by atoms with van der Waals surface area (Å²) in [5, 5.41) is 3.25. The van der Waals surface area contributed by atoms with Crippen molar-refractivity contribution in [2.45, 2.75) is 0 Å². The molecule has 2 rings (SSSR count). The van der Waals surface area contributed by atoms with Crippen LogP contribution in [-0.4, -0.2) is 57.5 Å². The fourth-order valence-corrected chi connectivity index (χ4v) is 2.93. The van der Waals surface area contributed by atoms with Crippen LogP contribution in [0.15, 0.2) is 12.4 Å². The van der Waals surface area contributed by atoms with Gasteiger partial charge in [-0.25, -0.2) is 9.97 Å². The third kappa shape index (κ3) is 3.79. The summed E-state index contributed by atoms with van der Waals surface area (Å²) in [6, 6.07) is 0. The van der Waals surface area contributed by atoms with E-state index in [-0.39, 0.29) is 4.99 Å². The molecule has 1 fully saturated rings. The fourth-order valence-electron chi connectivity index (χ4n) is 1.80. The molecule has 0 saturated carbocycles. The molecule has 0 unspecified atom stereocenters. The predicted molar refractivity (Wildman–Crippen MR) is 80.2 cm³/mol. The molecule has 5 nitrogen and oxygen atoms in total. The van der Waals surface area contributed by atoms with Crippen molar-refractivity contribution in [3.05, 3.63) is 18.1 Å². The average Bonchev–Trinajstić information content (AvgIpc) is 2.40. The quantitative estimate of drug-likeness (QED) is 0.766. The van der Waals surface area contributed by atoms with Crippen LogP contribution in [0.2, 0.25) is 0 Å². The Morgan fingerprint density at radius 3 is 2.83 bits per heavy atom. The van der Waals surface area contributed by atoms with Crippen molar-refractivity contribution in [1.82, 2.24) is 14.9 Å². The lowest BCUT2D eigenvalue weighted by molar-refractivity contribution is 0.314. The van der Waals surface area contributed by atoms with E-state index in [1.807, 2.05) is 11.8 Å². The Bertz CT molecular complexity index is 406. The summed E-state index contributed by atoms with van der Waals surface area (Å²) in [5.41, 5.74) is 6.18. The zero-order valence-electron chi connectivity index (χ0n) is 10.1. The number of nitrogens with two attached hydrogens (primary N) is 1. The molecular weight excluding hydrogens is 266 g/mol. The molecule has 0 bridgehead atoms. The van der Waals surface area contributed by atoms with Crippen molar-refractivity contribution < 1.29 is 0 Å². The minimum Gasteiger partial charge on any atom is -0.388 e. The van der Waals surface area contributed by atoms with Gasteiger partial charge in [-0.05, 0) is 0 Å². The molecule has 7 heteroatoms. The molecule has 1 aromatic heterocycles. The van der Waals surface area contributed by atoms with Gasteiger partial charge in [-0.15, -0.1) is 0 Å². The third-order valence-electron chi connectivity index (χ3n) is 2.76. The molecule has 2 heterocycles. The maximum absolute atomic E-state index is 5.60. The van der Waals surface area contributed by atoms with Crippen LogP contribution in [0.3, 0.4) is 0 Å². The Morgan fingerprint density at radius 2 is 2.11 bits per heavy atom. The number of nitrogens with zero attached hydrogens (tertiary/aromatic N) is 3. The molecule has 0 atom stereocenters. The second-order valence-corrected chi connectivity index (χ2v) is 5.66. The van der Waals surface area contributed by atoms with Crippen molar-refractivity contribution in [2.75, 3.05) is 43.0 Å². The first-order valence-corrected chi connectivity index (χ1v) is 7.48. The van der Waals surface area contributed by atoms with Crippen LogP contribution < -0.4 is 11.1 Å². The molecule has 3 N–H and O–H groups in total. The van der Waals surface area contributed by atoms with Crippen LogP contribution in [0.5, 0.6) is 0 Å². The van der Waals surface area contributed by atoms with Gasteiger partial charge in [0.2, 0.25) is 0 Å². The minimum absolute atomic E-state index is 0.278. The first-order chi connectivity index (χ1) is 8.77. The first-order valence-electron chi connectivity index (χ1n) is 5.92. The molecule has 1 aliphatic rings. The van der Waals surface area contributed by atoms with E-state index in [9.17, 15) is 0 Å². The van der Waals surface area contributed by atoms with E-state index in [0.29, 0.717) is 11.5 Å². The topological polar surface area (TPSA) is 67.1 Å². The highest BCUT2D eigenvalue weighted by atomic mass is 32.2. The fraction of sp³-hybridized carbons (Fsp3) is 0.545. The van der Waals surface area contributed by atoms with Crippen LogP contribution in [0, 0.1) is 0 Å². The van der Waals surface area contributed by atoms with Gasteiger partial charge in [-0.2, -0.15) is 11.8 Å². The number of rotatable bonds is 5. The molecular formula is C11H17N5S2. The Balaban J connectivity index is 1.84. The highest BCUT2D eigenvalue weighted by molar-refractivity contribution is 7.99. The summed E-state index contributed by atoms with van der Waals surface area (Å²) in [7, 11) is 0. The summed E-state index contributed by atoms with van der Waals surface area (Å²) in [4.78, 5) is 11.1. The molecule has 1 aromatic rings. The van der Waals surface area contributed by atoms with Crippen LogP contribution in [0.25, 0.3) is 0 Å². The van der Waals surface area contributed by atoms with Gasteiger partial charge >= 0.3 is 0 Å². The lowest BCUT2D eigenvalue weighted by atomic mass is 10.4. The van der Waals surface area contributed by atoms with Gasteiger partial charge in [-0.1, -0.05) is 12.2 Å². The number of thioether (sulfide) groups is 1. The van der Waals surface area contributed by atoms with Crippen LogP contribution in [-0.2, 0) is 0 Å². The SMILES string of the molecule is NC(=S)c1nccnc1NCCN1CCSCC1. The van der Waals surface area contributed by atoms with Gasteiger partial charge in [0.15, 0.2) is 5.82 Å². The summed E-state index contributed by atoms with van der Waals surface area (Å²) in [6.07, 6.45) is 3.24. The molecule has 0 amide bonds. The van der Waals surface area contributed by atoms with E-state index >= 15 is 0 Å². The molecule has 1 saturated heterocycles. The summed E-state index contributed by atoms with van der Waals surface area (Å²) >= 11 is 6.96. The van der Waals surface area contributed by atoms with E-state index in [1.54, 1.807) is 12.4 Å². The second kappa shape index (κ2) is 6.86. The molecule has 18 heavy (non-hydrogen) atoms. The van der Waals surface area contributed by atoms with E-state index in [0.717, 1.165) is 26.2 Å². The molecule has 0 aliphatic carbocycles. The van der Waals surface area contributed by atoms with E-state index < -0.39 is 0 Å². The Labute approximate surface area is 117 Å². The van der Waals surface area contributed by atoms with E-state index in [1.165, 1.54) is 11.5 Å². The Hall–Kier alpha value is -0.920. The van der Waals surface area contributed by atoms with Crippen LogP contribution >= 0.6 is 24.0 Å². The summed E-state index contributed by atoms with van der Waals surface area (Å²) in [5.74, 6) is 3.13. The van der Waals surface area contributed by atoms with Crippen molar-refractivity contribution >= 4 is 34.8 Å². The van der Waals surface area contributed by atoms with Gasteiger partial charge in [0.1, 0.15) is 10.7 Å². The third-order valence-corrected chi connectivity index (χ3v) is 3.89. The highest BCUT2D eigenvalue weighted by Crippen LogP contribution is 2.10. The van der Waals surface area contributed by atoms with Gasteiger partial charge in [0, 0.05) is 50.1 Å². The smallest absolute Gasteiger partial charge is 0.155 e. The predicted octanol–water partition coefficient (Wildman–Crippen LogP) is 0.571. The standard InChI is InChI=1S/C11H17N5S2/c12-10(17)9-11(14-2-1-13-9)15-3-4-16-5-7-18-8-6-16/h1-2H,3-8H2,(H2,12,17)(H,14,15). The van der Waals surface area contributed by atoms with Gasteiger partial charge < -0.3 is 11.1 Å². The van der Waals surface area contributed by atoms with Crippen molar-refractivity contribution in [3.8, 4) is 0 Å². The number of hydrogen-bond donors (Lipinski definition) is 2. The number of nitrogens with one attached hydrogen (secondary N) is 1. The Morgan fingerprint density at radius 1 is 1.39 bits per heavy atom. The maximum Gasteiger partial charge on any atom is 0.155 e. The second-order valence-electron chi connectivity index (χ2n) is 4.00. The van der Waals surface area contributed by atoms with Crippen LogP contribution in [0.4, 0.5) is 5.82 Å². The lowest BCUT2D eigenvalue weighted by Crippen LogP contribution is -2.36.